The lowest BCUT2D eigenvalue weighted by Gasteiger charge is -1.87. The van der Waals surface area contributed by atoms with Crippen molar-refractivity contribution in [3.05, 3.63) is 26.5 Å². The fourth-order valence-corrected chi connectivity index (χ4v) is 3.53. The topological polar surface area (TPSA) is 38.9 Å². The standard InChI is InChI=1S/C9H9BrN2S2/c1-5-6(4-11)12-9(13-5)7-2-3-8(10)14-7/h2-3H,4,11H2,1H3. The normalized spacial score (nSPS) is 10.8. The van der Waals surface area contributed by atoms with Crippen molar-refractivity contribution in [1.82, 2.24) is 4.98 Å². The van der Waals surface area contributed by atoms with Gasteiger partial charge in [-0.15, -0.1) is 22.7 Å². The summed E-state index contributed by atoms with van der Waals surface area (Å²) in [6.07, 6.45) is 0. The molecule has 0 radical (unpaired) electrons. The Morgan fingerprint density at radius 2 is 2.21 bits per heavy atom. The molecular weight excluding hydrogens is 280 g/mol. The smallest absolute Gasteiger partial charge is 0.133 e. The third-order valence-electron chi connectivity index (χ3n) is 1.87. The Morgan fingerprint density at radius 1 is 1.43 bits per heavy atom. The van der Waals surface area contributed by atoms with Crippen LogP contribution < -0.4 is 5.73 Å². The average Bonchev–Trinajstić information content (AvgIpc) is 2.71. The van der Waals surface area contributed by atoms with Crippen LogP contribution in [0.2, 0.25) is 0 Å². The van der Waals surface area contributed by atoms with Gasteiger partial charge in [-0.2, -0.15) is 0 Å². The minimum absolute atomic E-state index is 0.523. The molecule has 2 heterocycles. The number of nitrogens with zero attached hydrogens (tertiary/aromatic N) is 1. The van der Waals surface area contributed by atoms with E-state index in [2.05, 4.69) is 33.9 Å². The Hall–Kier alpha value is -0.230. The van der Waals surface area contributed by atoms with Crippen LogP contribution in [0.15, 0.2) is 15.9 Å². The van der Waals surface area contributed by atoms with Crippen LogP contribution in [0.3, 0.4) is 0 Å². The van der Waals surface area contributed by atoms with E-state index in [1.165, 1.54) is 9.75 Å². The van der Waals surface area contributed by atoms with Crippen LogP contribution in [-0.2, 0) is 6.54 Å². The molecule has 14 heavy (non-hydrogen) atoms. The lowest BCUT2D eigenvalue weighted by Crippen LogP contribution is -1.97. The molecule has 74 valence electrons. The first kappa shape index (κ1) is 10.3. The van der Waals surface area contributed by atoms with E-state index in [9.17, 15) is 0 Å². The Morgan fingerprint density at radius 3 is 2.71 bits per heavy atom. The predicted octanol–water partition coefficient (Wildman–Crippen LogP) is 3.40. The van der Waals surface area contributed by atoms with Gasteiger partial charge in [0, 0.05) is 11.4 Å². The number of halogens is 1. The molecule has 0 atom stereocenters. The molecule has 0 spiro atoms. The van der Waals surface area contributed by atoms with E-state index >= 15 is 0 Å². The van der Waals surface area contributed by atoms with Gasteiger partial charge in [-0.05, 0) is 35.0 Å². The van der Waals surface area contributed by atoms with E-state index in [0.717, 1.165) is 14.5 Å². The van der Waals surface area contributed by atoms with Gasteiger partial charge in [-0.3, -0.25) is 0 Å². The molecule has 2 aromatic rings. The second-order valence-electron chi connectivity index (χ2n) is 2.83. The molecule has 2 rings (SSSR count). The number of thiophene rings is 1. The minimum atomic E-state index is 0.523. The van der Waals surface area contributed by atoms with Crippen LogP contribution in [0.4, 0.5) is 0 Å². The molecular formula is C9H9BrN2S2. The van der Waals surface area contributed by atoms with Crippen molar-refractivity contribution < 1.29 is 0 Å². The summed E-state index contributed by atoms with van der Waals surface area (Å²) in [6, 6.07) is 4.12. The van der Waals surface area contributed by atoms with E-state index in [1.54, 1.807) is 22.7 Å². The number of aryl methyl sites for hydroxylation is 1. The molecule has 0 fully saturated rings. The summed E-state index contributed by atoms with van der Waals surface area (Å²) >= 11 is 6.84. The molecule has 0 saturated heterocycles. The zero-order valence-corrected chi connectivity index (χ0v) is 10.8. The van der Waals surface area contributed by atoms with Crippen molar-refractivity contribution in [2.75, 3.05) is 0 Å². The van der Waals surface area contributed by atoms with Crippen LogP contribution in [0.1, 0.15) is 10.6 Å². The van der Waals surface area contributed by atoms with Gasteiger partial charge in [0.1, 0.15) is 5.01 Å². The first-order chi connectivity index (χ1) is 6.70. The maximum atomic E-state index is 5.59. The average molecular weight is 289 g/mol. The Kier molecular flexibility index (Phi) is 3.02. The highest BCUT2D eigenvalue weighted by Crippen LogP contribution is 2.34. The van der Waals surface area contributed by atoms with Crippen molar-refractivity contribution in [3.8, 4) is 9.88 Å². The Balaban J connectivity index is 2.42. The van der Waals surface area contributed by atoms with Gasteiger partial charge in [0.25, 0.3) is 0 Å². The van der Waals surface area contributed by atoms with Gasteiger partial charge < -0.3 is 5.73 Å². The van der Waals surface area contributed by atoms with Crippen molar-refractivity contribution in [3.63, 3.8) is 0 Å². The van der Waals surface area contributed by atoms with Gasteiger partial charge >= 0.3 is 0 Å². The highest BCUT2D eigenvalue weighted by Gasteiger charge is 2.09. The van der Waals surface area contributed by atoms with Gasteiger partial charge in [0.2, 0.25) is 0 Å². The summed E-state index contributed by atoms with van der Waals surface area (Å²) in [6.45, 7) is 2.58. The second-order valence-corrected chi connectivity index (χ2v) is 6.50. The summed E-state index contributed by atoms with van der Waals surface area (Å²) in [5.74, 6) is 0. The molecule has 2 N–H and O–H groups in total. The van der Waals surface area contributed by atoms with Gasteiger partial charge in [0.05, 0.1) is 14.4 Å². The molecule has 0 saturated carbocycles. The highest BCUT2D eigenvalue weighted by atomic mass is 79.9. The van der Waals surface area contributed by atoms with Crippen molar-refractivity contribution in [2.24, 2.45) is 5.73 Å². The fraction of sp³-hybridized carbons (Fsp3) is 0.222. The molecule has 0 unspecified atom stereocenters. The first-order valence-electron chi connectivity index (χ1n) is 4.13. The predicted molar refractivity (Wildman–Crippen MR) is 65.8 cm³/mol. The van der Waals surface area contributed by atoms with Crippen LogP contribution in [0.25, 0.3) is 9.88 Å². The number of thiazole rings is 1. The quantitative estimate of drug-likeness (QED) is 0.920. The van der Waals surface area contributed by atoms with Crippen LogP contribution >= 0.6 is 38.6 Å². The van der Waals surface area contributed by atoms with Crippen LogP contribution in [-0.4, -0.2) is 4.98 Å². The largest absolute Gasteiger partial charge is 0.325 e. The molecule has 0 bridgehead atoms. The monoisotopic (exact) mass is 288 g/mol. The molecule has 0 amide bonds. The lowest BCUT2D eigenvalue weighted by atomic mass is 10.4. The number of hydrogen-bond donors (Lipinski definition) is 1. The molecule has 0 aromatic carbocycles. The van der Waals surface area contributed by atoms with Crippen LogP contribution in [0.5, 0.6) is 0 Å². The summed E-state index contributed by atoms with van der Waals surface area (Å²) in [4.78, 5) is 6.91. The summed E-state index contributed by atoms with van der Waals surface area (Å²) in [5, 5.41) is 1.07. The SMILES string of the molecule is Cc1sc(-c2ccc(Br)s2)nc1CN. The summed E-state index contributed by atoms with van der Waals surface area (Å²) in [7, 11) is 0. The zero-order chi connectivity index (χ0) is 10.1. The van der Waals surface area contributed by atoms with Crippen LogP contribution in [0, 0.1) is 6.92 Å². The first-order valence-corrected chi connectivity index (χ1v) is 6.55. The number of nitrogens with two attached hydrogens (primary N) is 1. The summed E-state index contributed by atoms with van der Waals surface area (Å²) < 4.78 is 1.13. The Labute approximate surface area is 98.9 Å². The van der Waals surface area contributed by atoms with Gasteiger partial charge in [-0.1, -0.05) is 0 Å². The number of hydrogen-bond acceptors (Lipinski definition) is 4. The van der Waals surface area contributed by atoms with E-state index in [1.807, 2.05) is 6.07 Å². The van der Waals surface area contributed by atoms with E-state index in [4.69, 9.17) is 5.73 Å². The molecule has 2 aromatic heterocycles. The summed E-state index contributed by atoms with van der Waals surface area (Å²) in [5.41, 5.74) is 6.59. The molecule has 0 aliphatic rings. The van der Waals surface area contributed by atoms with Gasteiger partial charge in [-0.25, -0.2) is 4.98 Å². The molecule has 0 aliphatic heterocycles. The third kappa shape index (κ3) is 1.91. The molecule has 0 aliphatic carbocycles. The molecule has 2 nitrogen and oxygen atoms in total. The Bertz CT molecular complexity index is 447. The minimum Gasteiger partial charge on any atom is -0.325 e. The fourth-order valence-electron chi connectivity index (χ4n) is 1.15. The maximum absolute atomic E-state index is 5.59. The molecule has 5 heteroatoms. The van der Waals surface area contributed by atoms with E-state index in [0.29, 0.717) is 6.54 Å². The lowest BCUT2D eigenvalue weighted by molar-refractivity contribution is 0.999. The zero-order valence-electron chi connectivity index (χ0n) is 7.58. The van der Waals surface area contributed by atoms with E-state index < -0.39 is 0 Å². The van der Waals surface area contributed by atoms with Crippen molar-refractivity contribution in [2.45, 2.75) is 13.5 Å². The number of aromatic nitrogens is 1. The number of rotatable bonds is 2. The van der Waals surface area contributed by atoms with Gasteiger partial charge in [0.15, 0.2) is 0 Å². The maximum Gasteiger partial charge on any atom is 0.133 e. The van der Waals surface area contributed by atoms with Crippen molar-refractivity contribution >= 4 is 38.6 Å². The second kappa shape index (κ2) is 4.10. The van der Waals surface area contributed by atoms with E-state index in [-0.39, 0.29) is 0 Å². The van der Waals surface area contributed by atoms with Crippen molar-refractivity contribution in [1.29, 1.82) is 0 Å². The highest BCUT2D eigenvalue weighted by molar-refractivity contribution is 9.11. The third-order valence-corrected chi connectivity index (χ3v) is 4.68.